The van der Waals surface area contributed by atoms with Crippen LogP contribution < -0.4 is 19.7 Å². The van der Waals surface area contributed by atoms with Gasteiger partial charge in [-0.25, -0.2) is 9.69 Å². The monoisotopic (exact) mass is 457 g/mol. The van der Waals surface area contributed by atoms with Crippen molar-refractivity contribution in [2.24, 2.45) is 0 Å². The van der Waals surface area contributed by atoms with E-state index in [0.29, 0.717) is 35.9 Å². The van der Waals surface area contributed by atoms with E-state index in [9.17, 15) is 14.4 Å². The van der Waals surface area contributed by atoms with E-state index in [2.05, 4.69) is 5.32 Å². The highest BCUT2D eigenvalue weighted by Crippen LogP contribution is 2.30. The van der Waals surface area contributed by atoms with E-state index in [1.165, 1.54) is 4.90 Å². The predicted octanol–water partition coefficient (Wildman–Crippen LogP) is 3.58. The van der Waals surface area contributed by atoms with Crippen molar-refractivity contribution < 1.29 is 23.9 Å². The Morgan fingerprint density at radius 3 is 2.15 bits per heavy atom. The van der Waals surface area contributed by atoms with Gasteiger partial charge < -0.3 is 19.7 Å². The van der Waals surface area contributed by atoms with Gasteiger partial charge in [0.05, 0.1) is 11.7 Å². The summed E-state index contributed by atoms with van der Waals surface area (Å²) in [4.78, 5) is 41.6. The lowest BCUT2D eigenvalue weighted by Crippen LogP contribution is -2.65. The van der Waals surface area contributed by atoms with E-state index < -0.39 is 24.0 Å². The number of rotatable bonds is 6. The number of carbonyl (C=O) groups excluding carboxylic acids is 3. The van der Waals surface area contributed by atoms with Crippen LogP contribution in [-0.2, 0) is 9.59 Å². The van der Waals surface area contributed by atoms with E-state index >= 15 is 0 Å². The van der Waals surface area contributed by atoms with Gasteiger partial charge >= 0.3 is 6.03 Å². The van der Waals surface area contributed by atoms with E-state index in [4.69, 9.17) is 9.47 Å². The second kappa shape index (κ2) is 9.27. The normalized spacial score (nSPS) is 19.4. The van der Waals surface area contributed by atoms with Gasteiger partial charge in [-0.2, -0.15) is 0 Å². The van der Waals surface area contributed by atoms with Crippen molar-refractivity contribution in [2.45, 2.75) is 18.5 Å². The number of imide groups is 1. The molecule has 0 aromatic heterocycles. The number of fused-ring (bicyclic) bond motifs is 1. The molecule has 0 aliphatic carbocycles. The van der Waals surface area contributed by atoms with Crippen LogP contribution in [0.5, 0.6) is 17.2 Å². The van der Waals surface area contributed by atoms with Crippen LogP contribution >= 0.6 is 0 Å². The number of nitrogens with one attached hydrogen (secondary N) is 1. The molecule has 0 spiro atoms. The Morgan fingerprint density at radius 1 is 0.853 bits per heavy atom. The highest BCUT2D eigenvalue weighted by atomic mass is 16.5. The summed E-state index contributed by atoms with van der Waals surface area (Å²) in [6, 6.07) is 23.3. The first-order valence-corrected chi connectivity index (χ1v) is 11.0. The first-order valence-electron chi connectivity index (χ1n) is 11.0. The first-order chi connectivity index (χ1) is 16.6. The number of likely N-dealkylation sites (tertiary alicyclic amines) is 1. The summed E-state index contributed by atoms with van der Waals surface area (Å²) in [7, 11) is 0. The molecule has 2 aliphatic heterocycles. The van der Waals surface area contributed by atoms with Gasteiger partial charge in [-0.15, -0.1) is 0 Å². The summed E-state index contributed by atoms with van der Waals surface area (Å²) in [6.07, 6.45) is 0.511. The lowest BCUT2D eigenvalue weighted by Gasteiger charge is -2.36. The fourth-order valence-corrected chi connectivity index (χ4v) is 4.26. The van der Waals surface area contributed by atoms with E-state index in [-0.39, 0.29) is 12.5 Å². The molecule has 34 heavy (non-hydrogen) atoms. The molecule has 0 bridgehead atoms. The third kappa shape index (κ3) is 4.30. The number of carbonyl (C=O) groups is 3. The Labute approximate surface area is 196 Å². The minimum absolute atomic E-state index is 0.181. The molecule has 8 nitrogen and oxygen atoms in total. The summed E-state index contributed by atoms with van der Waals surface area (Å²) >= 11 is 0. The second-order valence-corrected chi connectivity index (χ2v) is 8.06. The van der Waals surface area contributed by atoms with Gasteiger partial charge in [-0.3, -0.25) is 9.59 Å². The van der Waals surface area contributed by atoms with Gasteiger partial charge in [0.1, 0.15) is 23.3 Å². The highest BCUT2D eigenvalue weighted by molar-refractivity contribution is 6.19. The van der Waals surface area contributed by atoms with Crippen LogP contribution in [-0.4, -0.2) is 48.0 Å². The molecule has 2 fully saturated rings. The third-order valence-electron chi connectivity index (χ3n) is 5.88. The molecular formula is C26H23N3O5. The standard InChI is InChI=1S/C26H23N3O5/c30-23(17-33-19-7-3-1-4-8-19)28-16-15-22-24(28)25(31)29(26(32)27-22)18-11-13-21(14-12-18)34-20-9-5-2-6-10-20/h1-14,22,24H,15-17H2,(H,27,32)/t22-,24-/m0/s1. The van der Waals surface area contributed by atoms with Crippen LogP contribution in [0, 0.1) is 0 Å². The lowest BCUT2D eigenvalue weighted by atomic mass is 10.0. The molecule has 172 valence electrons. The minimum Gasteiger partial charge on any atom is -0.484 e. The molecule has 0 saturated carbocycles. The summed E-state index contributed by atoms with van der Waals surface area (Å²) in [5.74, 6) is 1.11. The predicted molar refractivity (Wildman–Crippen MR) is 125 cm³/mol. The molecule has 0 unspecified atom stereocenters. The molecule has 4 amide bonds. The maximum absolute atomic E-state index is 13.4. The Hall–Kier alpha value is -4.33. The summed E-state index contributed by atoms with van der Waals surface area (Å²) in [5.41, 5.74) is 0.404. The second-order valence-electron chi connectivity index (χ2n) is 8.06. The number of urea groups is 1. The fourth-order valence-electron chi connectivity index (χ4n) is 4.26. The van der Waals surface area contributed by atoms with Crippen molar-refractivity contribution in [2.75, 3.05) is 18.1 Å². The number of para-hydroxylation sites is 2. The van der Waals surface area contributed by atoms with Crippen LogP contribution in [0.1, 0.15) is 6.42 Å². The highest BCUT2D eigenvalue weighted by Gasteiger charge is 2.49. The Morgan fingerprint density at radius 2 is 1.47 bits per heavy atom. The van der Waals surface area contributed by atoms with Crippen LogP contribution in [0.2, 0.25) is 0 Å². The largest absolute Gasteiger partial charge is 0.484 e. The maximum atomic E-state index is 13.4. The zero-order chi connectivity index (χ0) is 23.5. The third-order valence-corrected chi connectivity index (χ3v) is 5.88. The molecule has 2 saturated heterocycles. The smallest absolute Gasteiger partial charge is 0.329 e. The lowest BCUT2D eigenvalue weighted by molar-refractivity contribution is -0.139. The topological polar surface area (TPSA) is 88.2 Å². The maximum Gasteiger partial charge on any atom is 0.329 e. The molecule has 8 heteroatoms. The van der Waals surface area contributed by atoms with Crippen molar-refractivity contribution >= 4 is 23.5 Å². The van der Waals surface area contributed by atoms with Gasteiger partial charge in [0.2, 0.25) is 0 Å². The zero-order valence-corrected chi connectivity index (χ0v) is 18.3. The SMILES string of the molecule is O=C1N[C@H]2CCN(C(=O)COc3ccccc3)[C@@H]2C(=O)N1c1ccc(Oc2ccccc2)cc1. The molecule has 0 radical (unpaired) electrons. The summed E-state index contributed by atoms with van der Waals surface area (Å²) in [6.45, 7) is 0.190. The molecule has 3 aromatic rings. The zero-order valence-electron chi connectivity index (χ0n) is 18.3. The van der Waals surface area contributed by atoms with E-state index in [0.717, 1.165) is 4.90 Å². The van der Waals surface area contributed by atoms with Crippen molar-refractivity contribution in [3.63, 3.8) is 0 Å². The Bertz CT molecular complexity index is 1180. The molecule has 3 aromatic carbocycles. The van der Waals surface area contributed by atoms with Gasteiger partial charge in [0.15, 0.2) is 6.61 Å². The summed E-state index contributed by atoms with van der Waals surface area (Å²) < 4.78 is 11.4. The molecule has 1 N–H and O–H groups in total. The van der Waals surface area contributed by atoms with Crippen molar-refractivity contribution in [3.8, 4) is 17.2 Å². The van der Waals surface area contributed by atoms with Crippen molar-refractivity contribution in [1.29, 1.82) is 0 Å². The van der Waals surface area contributed by atoms with E-state index in [1.807, 2.05) is 48.5 Å². The number of ether oxygens (including phenoxy) is 2. The number of anilines is 1. The number of nitrogens with zero attached hydrogens (tertiary/aromatic N) is 2. The van der Waals surface area contributed by atoms with E-state index in [1.54, 1.807) is 36.4 Å². The quantitative estimate of drug-likeness (QED) is 0.611. The van der Waals surface area contributed by atoms with Gasteiger partial charge in [0, 0.05) is 6.54 Å². The van der Waals surface area contributed by atoms with Crippen molar-refractivity contribution in [3.05, 3.63) is 84.9 Å². The van der Waals surface area contributed by atoms with Crippen LogP contribution in [0.25, 0.3) is 0 Å². The van der Waals surface area contributed by atoms with Crippen molar-refractivity contribution in [1.82, 2.24) is 10.2 Å². The first kappa shape index (κ1) is 21.5. The molecular weight excluding hydrogens is 434 g/mol. The molecule has 2 aliphatic rings. The summed E-state index contributed by atoms with van der Waals surface area (Å²) in [5, 5.41) is 2.87. The fraction of sp³-hybridized carbons (Fsp3) is 0.192. The number of amides is 4. The molecule has 2 atom stereocenters. The minimum atomic E-state index is -0.773. The van der Waals surface area contributed by atoms with Gasteiger partial charge in [-0.1, -0.05) is 36.4 Å². The number of benzene rings is 3. The van der Waals surface area contributed by atoms with Crippen LogP contribution in [0.15, 0.2) is 84.9 Å². The number of hydrogen-bond acceptors (Lipinski definition) is 5. The molecule has 2 heterocycles. The van der Waals surface area contributed by atoms with Crippen LogP contribution in [0.3, 0.4) is 0 Å². The average Bonchev–Trinajstić information content (AvgIpc) is 3.29. The van der Waals surface area contributed by atoms with Crippen LogP contribution in [0.4, 0.5) is 10.5 Å². The van der Waals surface area contributed by atoms with Gasteiger partial charge in [-0.05, 0) is 55.0 Å². The van der Waals surface area contributed by atoms with Gasteiger partial charge in [0.25, 0.3) is 11.8 Å². The number of hydrogen-bond donors (Lipinski definition) is 1. The molecule has 5 rings (SSSR count). The Kier molecular flexibility index (Phi) is 5.86. The average molecular weight is 457 g/mol. The Balaban J connectivity index is 1.29.